The first-order valence-corrected chi connectivity index (χ1v) is 9.24. The number of hydrogen-bond donors (Lipinski definition) is 2. The number of aromatic amines is 1. The largest absolute Gasteiger partial charge is 0.488 e. The monoisotopic (exact) mass is 455 g/mol. The second-order valence-corrected chi connectivity index (χ2v) is 6.64. The van der Waals surface area contributed by atoms with Gasteiger partial charge >= 0.3 is 11.2 Å². The molecule has 12 heteroatoms. The van der Waals surface area contributed by atoms with Gasteiger partial charge in [0.2, 0.25) is 11.1 Å². The van der Waals surface area contributed by atoms with E-state index in [1.54, 1.807) is 24.3 Å². The van der Waals surface area contributed by atoms with Crippen LogP contribution >= 0.6 is 11.6 Å². The minimum Gasteiger partial charge on any atom is -0.488 e. The molecule has 0 aliphatic rings. The van der Waals surface area contributed by atoms with Crippen molar-refractivity contribution in [2.75, 3.05) is 0 Å². The van der Waals surface area contributed by atoms with Crippen molar-refractivity contribution in [2.24, 2.45) is 0 Å². The number of nitro groups is 1. The first-order chi connectivity index (χ1) is 15.3. The Morgan fingerprint density at radius 2 is 1.97 bits per heavy atom. The fraction of sp³-hybridized carbons (Fsp3) is 0. The number of hydrogen-bond acceptors (Lipinski definition) is 8. The van der Waals surface area contributed by atoms with Crippen molar-refractivity contribution in [1.82, 2.24) is 19.9 Å². The van der Waals surface area contributed by atoms with E-state index in [2.05, 4.69) is 19.9 Å². The number of ether oxygens (including phenoxy) is 1. The van der Waals surface area contributed by atoms with Gasteiger partial charge in [0.05, 0.1) is 11.1 Å². The summed E-state index contributed by atoms with van der Waals surface area (Å²) in [6.45, 7) is 0. The third-order valence-electron chi connectivity index (χ3n) is 4.31. The van der Waals surface area contributed by atoms with E-state index in [-0.39, 0.29) is 16.9 Å². The van der Waals surface area contributed by atoms with Crippen LogP contribution in [0.3, 0.4) is 0 Å². The molecule has 2 aromatic carbocycles. The molecule has 4 aromatic rings. The maximum Gasteiger partial charge on any atom is 0.395 e. The second-order valence-electron chi connectivity index (χ2n) is 6.31. The quantitative estimate of drug-likeness (QED) is 0.260. The molecule has 32 heavy (non-hydrogen) atoms. The van der Waals surface area contributed by atoms with Gasteiger partial charge in [-0.2, -0.15) is 14.4 Å². The molecule has 2 aromatic heterocycles. The van der Waals surface area contributed by atoms with Gasteiger partial charge in [0.15, 0.2) is 0 Å². The molecule has 4 rings (SSSR count). The molecule has 2 heterocycles. The third kappa shape index (κ3) is 4.09. The van der Waals surface area contributed by atoms with Crippen LogP contribution in [0.5, 0.6) is 17.5 Å². The topological polar surface area (TPSA) is 144 Å². The van der Waals surface area contributed by atoms with Crippen LogP contribution in [0.25, 0.3) is 22.9 Å². The van der Waals surface area contributed by atoms with Crippen LogP contribution in [0.15, 0.2) is 47.4 Å². The fourth-order valence-electron chi connectivity index (χ4n) is 2.92. The van der Waals surface area contributed by atoms with Crippen molar-refractivity contribution < 1.29 is 19.2 Å². The molecule has 160 valence electrons. The fourth-order valence-corrected chi connectivity index (χ4v) is 3.05. The highest BCUT2D eigenvalue weighted by Crippen LogP contribution is 2.33. The zero-order valence-electron chi connectivity index (χ0n) is 15.8. The molecule has 0 spiro atoms. The number of aromatic nitrogens is 4. The number of H-pyrrole nitrogens is 1. The number of benzene rings is 2. The average Bonchev–Trinajstić information content (AvgIpc) is 2.74. The Morgan fingerprint density at radius 1 is 1.19 bits per heavy atom. The van der Waals surface area contributed by atoms with Crippen LogP contribution in [0, 0.1) is 15.9 Å². The highest BCUT2D eigenvalue weighted by atomic mass is 35.5. The number of nitrogens with one attached hydrogen (secondary N) is 1. The summed E-state index contributed by atoms with van der Waals surface area (Å²) in [6.07, 6.45) is 3.67. The summed E-state index contributed by atoms with van der Waals surface area (Å²) in [7, 11) is 0. The normalized spacial score (nSPS) is 11.2. The van der Waals surface area contributed by atoms with E-state index in [4.69, 9.17) is 16.3 Å². The third-order valence-corrected chi connectivity index (χ3v) is 4.49. The Balaban J connectivity index is 1.82. The Kier molecular flexibility index (Phi) is 5.48. The smallest absolute Gasteiger partial charge is 0.395 e. The summed E-state index contributed by atoms with van der Waals surface area (Å²) < 4.78 is 19.7. The van der Waals surface area contributed by atoms with Gasteiger partial charge < -0.3 is 14.8 Å². The minimum atomic E-state index is -1.12. The van der Waals surface area contributed by atoms with E-state index < -0.39 is 33.7 Å². The Bertz CT molecular complexity index is 1460. The van der Waals surface area contributed by atoms with Gasteiger partial charge in [0.1, 0.15) is 11.6 Å². The highest BCUT2D eigenvalue weighted by Gasteiger charge is 2.21. The Labute approximate surface area is 182 Å². The van der Waals surface area contributed by atoms with Gasteiger partial charge in [-0.1, -0.05) is 30.3 Å². The lowest BCUT2D eigenvalue weighted by molar-refractivity contribution is -0.387. The van der Waals surface area contributed by atoms with Crippen LogP contribution in [0.2, 0.25) is 5.28 Å². The van der Waals surface area contributed by atoms with Crippen LogP contribution in [0.4, 0.5) is 10.1 Å². The zero-order valence-corrected chi connectivity index (χ0v) is 16.6. The van der Waals surface area contributed by atoms with Crippen molar-refractivity contribution in [3.05, 3.63) is 85.6 Å². The molecular formula is C20H11ClFN5O5. The molecule has 0 aliphatic carbocycles. The van der Waals surface area contributed by atoms with Gasteiger partial charge in [-0.15, -0.1) is 0 Å². The van der Waals surface area contributed by atoms with Crippen LogP contribution < -0.4 is 10.3 Å². The predicted molar refractivity (Wildman–Crippen MR) is 113 cm³/mol. The summed E-state index contributed by atoms with van der Waals surface area (Å²) in [5.74, 6) is -2.20. The summed E-state index contributed by atoms with van der Waals surface area (Å²) in [5, 5.41) is 21.9. The average molecular weight is 456 g/mol. The van der Waals surface area contributed by atoms with Crippen molar-refractivity contribution in [3.63, 3.8) is 0 Å². The van der Waals surface area contributed by atoms with Crippen LogP contribution in [-0.2, 0) is 0 Å². The molecule has 0 saturated carbocycles. The van der Waals surface area contributed by atoms with E-state index in [1.165, 1.54) is 12.2 Å². The molecule has 0 amide bonds. The number of fused-ring (bicyclic) bond motifs is 1. The zero-order chi connectivity index (χ0) is 22.8. The van der Waals surface area contributed by atoms with Crippen LogP contribution in [-0.4, -0.2) is 30.0 Å². The van der Waals surface area contributed by atoms with Crippen molar-refractivity contribution in [1.29, 1.82) is 0 Å². The van der Waals surface area contributed by atoms with Gasteiger partial charge in [-0.25, -0.2) is 4.98 Å². The first-order valence-electron chi connectivity index (χ1n) is 8.87. The summed E-state index contributed by atoms with van der Waals surface area (Å²) >= 11 is 5.73. The summed E-state index contributed by atoms with van der Waals surface area (Å²) in [4.78, 5) is 34.8. The molecular weight excluding hydrogens is 445 g/mol. The van der Waals surface area contributed by atoms with E-state index in [0.717, 1.165) is 11.6 Å². The van der Waals surface area contributed by atoms with Crippen molar-refractivity contribution in [2.45, 2.75) is 0 Å². The number of halogens is 2. The van der Waals surface area contributed by atoms with E-state index >= 15 is 0 Å². The maximum absolute atomic E-state index is 14.1. The van der Waals surface area contributed by atoms with E-state index in [0.29, 0.717) is 10.9 Å². The maximum atomic E-state index is 14.1. The molecule has 0 bridgehead atoms. The number of nitrogens with zero attached hydrogens (tertiary/aromatic N) is 4. The van der Waals surface area contributed by atoms with E-state index in [9.17, 15) is 24.4 Å². The second kappa shape index (κ2) is 8.40. The Morgan fingerprint density at radius 3 is 2.72 bits per heavy atom. The number of rotatable bonds is 5. The minimum absolute atomic E-state index is 0.145. The van der Waals surface area contributed by atoms with Crippen LogP contribution in [0.1, 0.15) is 11.4 Å². The SMILES string of the molecule is O=c1[nH]c(/C=C\c2c(Oc3nc(Cl)ncc3F)ccc3ccccc23)nc(O)c1[N+](=O)[O-]. The van der Waals surface area contributed by atoms with E-state index in [1.807, 2.05) is 12.1 Å². The van der Waals surface area contributed by atoms with Gasteiger partial charge in [0, 0.05) is 5.56 Å². The molecule has 2 N–H and O–H groups in total. The lowest BCUT2D eigenvalue weighted by Gasteiger charge is -2.11. The Hall–Kier alpha value is -4.38. The predicted octanol–water partition coefficient (Wildman–Crippen LogP) is 4.08. The summed E-state index contributed by atoms with van der Waals surface area (Å²) in [6, 6.07) is 10.6. The van der Waals surface area contributed by atoms with Crippen molar-refractivity contribution >= 4 is 40.2 Å². The van der Waals surface area contributed by atoms with Gasteiger partial charge in [-0.3, -0.25) is 14.9 Å². The highest BCUT2D eigenvalue weighted by molar-refractivity contribution is 6.28. The van der Waals surface area contributed by atoms with Crippen molar-refractivity contribution in [3.8, 4) is 17.5 Å². The standard InChI is InChI=1S/C20H11ClFN5O5/c21-20-23-9-13(22)19(26-20)32-14-7-5-10-3-1-2-4-11(10)12(14)6-8-15-24-17(28)16(27(30)31)18(29)25-15/h1-9H,(H2,24,25,28,29)/b8-6-. The molecule has 0 saturated heterocycles. The molecule has 10 nitrogen and oxygen atoms in total. The number of aromatic hydroxyl groups is 1. The molecule has 0 radical (unpaired) electrons. The van der Waals surface area contributed by atoms with Gasteiger partial charge in [0.25, 0.3) is 11.8 Å². The van der Waals surface area contributed by atoms with Gasteiger partial charge in [-0.05, 0) is 40.6 Å². The lowest BCUT2D eigenvalue weighted by atomic mass is 10.0. The first kappa shape index (κ1) is 20.9. The molecule has 0 fully saturated rings. The molecule has 0 aliphatic heterocycles. The molecule has 0 atom stereocenters. The summed E-state index contributed by atoms with van der Waals surface area (Å²) in [5.41, 5.74) is -1.72. The lowest BCUT2D eigenvalue weighted by Crippen LogP contribution is -2.14. The molecule has 0 unspecified atom stereocenters.